The van der Waals surface area contributed by atoms with Crippen LogP contribution >= 0.6 is 0 Å². The van der Waals surface area contributed by atoms with Crippen molar-refractivity contribution >= 4 is 22.5 Å². The molecule has 5 nitrogen and oxygen atoms in total. The number of carbonyl (C=O) groups is 1. The maximum absolute atomic E-state index is 12.6. The van der Waals surface area contributed by atoms with E-state index in [9.17, 15) is 4.79 Å². The van der Waals surface area contributed by atoms with Gasteiger partial charge in [-0.1, -0.05) is 48.5 Å². The standard InChI is InChI=1S/C16H19N3O2/c1-11(15(17)18-21)10-19(2)16(20)14-9-5-7-12-6-3-4-8-13(12)14/h3-9,11,21H,10H2,1-2H3,(H2,17,18). The van der Waals surface area contributed by atoms with E-state index in [1.54, 1.807) is 11.9 Å². The summed E-state index contributed by atoms with van der Waals surface area (Å²) in [4.78, 5) is 14.2. The van der Waals surface area contributed by atoms with Gasteiger partial charge in [0.25, 0.3) is 5.91 Å². The number of hydrogen-bond acceptors (Lipinski definition) is 3. The van der Waals surface area contributed by atoms with Crippen LogP contribution in [0, 0.1) is 5.92 Å². The van der Waals surface area contributed by atoms with Gasteiger partial charge in [-0.3, -0.25) is 4.79 Å². The number of oxime groups is 1. The van der Waals surface area contributed by atoms with Gasteiger partial charge in [0.2, 0.25) is 0 Å². The summed E-state index contributed by atoms with van der Waals surface area (Å²) < 4.78 is 0. The number of nitrogens with two attached hydrogens (primary N) is 1. The van der Waals surface area contributed by atoms with Gasteiger partial charge in [-0.05, 0) is 16.8 Å². The van der Waals surface area contributed by atoms with Crippen molar-refractivity contribution in [2.24, 2.45) is 16.8 Å². The highest BCUT2D eigenvalue weighted by molar-refractivity contribution is 6.07. The highest BCUT2D eigenvalue weighted by atomic mass is 16.4. The van der Waals surface area contributed by atoms with E-state index in [0.29, 0.717) is 12.1 Å². The lowest BCUT2D eigenvalue weighted by atomic mass is 10.0. The van der Waals surface area contributed by atoms with Crippen LogP contribution in [0.5, 0.6) is 0 Å². The van der Waals surface area contributed by atoms with Gasteiger partial charge in [-0.15, -0.1) is 0 Å². The molecule has 0 fully saturated rings. The molecule has 2 aromatic rings. The molecule has 0 saturated heterocycles. The van der Waals surface area contributed by atoms with Crippen molar-refractivity contribution in [3.63, 3.8) is 0 Å². The third-order valence-corrected chi connectivity index (χ3v) is 3.53. The smallest absolute Gasteiger partial charge is 0.254 e. The van der Waals surface area contributed by atoms with Gasteiger partial charge in [-0.25, -0.2) is 0 Å². The summed E-state index contributed by atoms with van der Waals surface area (Å²) in [6, 6.07) is 13.4. The Balaban J connectivity index is 2.26. The van der Waals surface area contributed by atoms with Crippen LogP contribution in [0.4, 0.5) is 0 Å². The second kappa shape index (κ2) is 6.26. The number of rotatable bonds is 4. The van der Waals surface area contributed by atoms with Crippen molar-refractivity contribution in [1.82, 2.24) is 4.90 Å². The fourth-order valence-corrected chi connectivity index (χ4v) is 2.30. The van der Waals surface area contributed by atoms with Crippen molar-refractivity contribution in [2.75, 3.05) is 13.6 Å². The Kier molecular flexibility index (Phi) is 4.42. The number of fused-ring (bicyclic) bond motifs is 1. The molecule has 0 spiro atoms. The topological polar surface area (TPSA) is 78.9 Å². The normalized spacial score (nSPS) is 13.1. The fourth-order valence-electron chi connectivity index (χ4n) is 2.30. The molecule has 0 heterocycles. The molecule has 0 bridgehead atoms. The first-order valence-electron chi connectivity index (χ1n) is 6.75. The molecule has 0 aliphatic carbocycles. The van der Waals surface area contributed by atoms with Crippen molar-refractivity contribution < 1.29 is 10.0 Å². The Morgan fingerprint density at radius 2 is 1.95 bits per heavy atom. The molecular formula is C16H19N3O2. The molecule has 0 aromatic heterocycles. The zero-order valence-corrected chi connectivity index (χ0v) is 12.2. The van der Waals surface area contributed by atoms with Gasteiger partial charge >= 0.3 is 0 Å². The minimum Gasteiger partial charge on any atom is -0.409 e. The summed E-state index contributed by atoms with van der Waals surface area (Å²) >= 11 is 0. The van der Waals surface area contributed by atoms with Crippen molar-refractivity contribution in [1.29, 1.82) is 0 Å². The molecule has 0 radical (unpaired) electrons. The molecule has 2 rings (SSSR count). The van der Waals surface area contributed by atoms with Crippen molar-refractivity contribution in [3.8, 4) is 0 Å². The van der Waals surface area contributed by atoms with E-state index in [1.807, 2.05) is 49.4 Å². The molecule has 21 heavy (non-hydrogen) atoms. The van der Waals surface area contributed by atoms with Crippen LogP contribution in [0.2, 0.25) is 0 Å². The molecule has 1 amide bonds. The number of hydrogen-bond donors (Lipinski definition) is 2. The highest BCUT2D eigenvalue weighted by Gasteiger charge is 2.18. The first-order chi connectivity index (χ1) is 10.0. The Bertz CT molecular complexity index is 677. The van der Waals surface area contributed by atoms with Gasteiger partial charge in [0.15, 0.2) is 0 Å². The van der Waals surface area contributed by atoms with Gasteiger partial charge in [-0.2, -0.15) is 0 Å². The van der Waals surface area contributed by atoms with Gasteiger partial charge < -0.3 is 15.8 Å². The lowest BCUT2D eigenvalue weighted by Gasteiger charge is -2.21. The van der Waals surface area contributed by atoms with Crippen LogP contribution in [-0.4, -0.2) is 35.4 Å². The van der Waals surface area contributed by atoms with E-state index >= 15 is 0 Å². The third-order valence-electron chi connectivity index (χ3n) is 3.53. The molecule has 1 unspecified atom stereocenters. The minimum absolute atomic E-state index is 0.0793. The van der Waals surface area contributed by atoms with E-state index in [4.69, 9.17) is 10.9 Å². The van der Waals surface area contributed by atoms with E-state index in [-0.39, 0.29) is 17.7 Å². The van der Waals surface area contributed by atoms with Crippen LogP contribution in [0.25, 0.3) is 10.8 Å². The van der Waals surface area contributed by atoms with Crippen LogP contribution in [0.15, 0.2) is 47.6 Å². The number of amides is 1. The summed E-state index contributed by atoms with van der Waals surface area (Å²) in [6.45, 7) is 2.19. The monoisotopic (exact) mass is 285 g/mol. The number of nitrogens with zero attached hydrogens (tertiary/aromatic N) is 2. The number of amidine groups is 1. The Morgan fingerprint density at radius 3 is 2.67 bits per heavy atom. The van der Waals surface area contributed by atoms with Crippen LogP contribution < -0.4 is 5.73 Å². The average molecular weight is 285 g/mol. The molecule has 0 saturated carbocycles. The molecule has 0 aliphatic heterocycles. The predicted octanol–water partition coefficient (Wildman–Crippen LogP) is 2.29. The average Bonchev–Trinajstić information content (AvgIpc) is 2.52. The maximum Gasteiger partial charge on any atom is 0.254 e. The van der Waals surface area contributed by atoms with Gasteiger partial charge in [0, 0.05) is 25.1 Å². The van der Waals surface area contributed by atoms with Crippen LogP contribution in [0.3, 0.4) is 0 Å². The summed E-state index contributed by atoms with van der Waals surface area (Å²) in [7, 11) is 1.71. The largest absolute Gasteiger partial charge is 0.409 e. The molecule has 2 aromatic carbocycles. The first kappa shape index (κ1) is 14.8. The van der Waals surface area contributed by atoms with Crippen LogP contribution in [0.1, 0.15) is 17.3 Å². The third kappa shape index (κ3) is 3.13. The highest BCUT2D eigenvalue weighted by Crippen LogP contribution is 2.20. The Morgan fingerprint density at radius 1 is 1.29 bits per heavy atom. The second-order valence-electron chi connectivity index (χ2n) is 5.14. The molecule has 3 N–H and O–H groups in total. The quantitative estimate of drug-likeness (QED) is 0.391. The zero-order chi connectivity index (χ0) is 15.4. The molecule has 110 valence electrons. The van der Waals surface area contributed by atoms with Crippen molar-refractivity contribution in [2.45, 2.75) is 6.92 Å². The zero-order valence-electron chi connectivity index (χ0n) is 12.2. The molecule has 0 aliphatic rings. The Labute approximate surface area is 123 Å². The summed E-state index contributed by atoms with van der Waals surface area (Å²) in [5.74, 6) is -0.170. The van der Waals surface area contributed by atoms with E-state index < -0.39 is 0 Å². The number of carbonyl (C=O) groups excluding carboxylic acids is 1. The number of benzene rings is 2. The maximum atomic E-state index is 12.6. The first-order valence-corrected chi connectivity index (χ1v) is 6.75. The Hall–Kier alpha value is -2.56. The molecule has 5 heteroatoms. The predicted molar refractivity (Wildman–Crippen MR) is 83.5 cm³/mol. The minimum atomic E-state index is -0.209. The second-order valence-corrected chi connectivity index (χ2v) is 5.14. The molecule has 1 atom stereocenters. The van der Waals surface area contributed by atoms with E-state index in [1.165, 1.54) is 0 Å². The van der Waals surface area contributed by atoms with E-state index in [2.05, 4.69) is 5.16 Å². The summed E-state index contributed by atoms with van der Waals surface area (Å²) in [5.41, 5.74) is 6.21. The molecular weight excluding hydrogens is 266 g/mol. The van der Waals surface area contributed by atoms with Crippen LogP contribution in [-0.2, 0) is 0 Å². The lowest BCUT2D eigenvalue weighted by Crippen LogP contribution is -2.36. The van der Waals surface area contributed by atoms with E-state index in [0.717, 1.165) is 10.8 Å². The lowest BCUT2D eigenvalue weighted by molar-refractivity contribution is 0.0788. The van der Waals surface area contributed by atoms with Crippen molar-refractivity contribution in [3.05, 3.63) is 48.0 Å². The summed E-state index contributed by atoms with van der Waals surface area (Å²) in [6.07, 6.45) is 0. The summed E-state index contributed by atoms with van der Waals surface area (Å²) in [5, 5.41) is 13.6. The van der Waals surface area contributed by atoms with Gasteiger partial charge in [0.1, 0.15) is 5.84 Å². The fraction of sp³-hybridized carbons (Fsp3) is 0.250. The van der Waals surface area contributed by atoms with Gasteiger partial charge in [0.05, 0.1) is 0 Å². The SMILES string of the molecule is CC(CN(C)C(=O)c1cccc2ccccc12)C(N)=NO.